The quantitative estimate of drug-likeness (QED) is 0.418. The highest BCUT2D eigenvalue weighted by molar-refractivity contribution is 7.09. The summed E-state index contributed by atoms with van der Waals surface area (Å²) in [6, 6.07) is 11.7. The molecular weight excluding hydrogens is 486 g/mol. The Bertz CT molecular complexity index is 1150. The summed E-state index contributed by atoms with van der Waals surface area (Å²) >= 11 is 1.62. The van der Waals surface area contributed by atoms with E-state index in [0.717, 1.165) is 28.8 Å². The number of piperidine rings is 1. The van der Waals surface area contributed by atoms with Crippen LogP contribution in [0.15, 0.2) is 41.8 Å². The topological polar surface area (TPSA) is 130 Å². The first-order valence-corrected chi connectivity index (χ1v) is 14.1. The van der Waals surface area contributed by atoms with Crippen LogP contribution in [0.3, 0.4) is 0 Å². The normalized spacial score (nSPS) is 18.9. The Morgan fingerprint density at radius 2 is 1.89 bits per heavy atom. The van der Waals surface area contributed by atoms with Crippen molar-refractivity contribution < 1.29 is 9.59 Å². The lowest BCUT2D eigenvalue weighted by atomic mass is 9.72. The van der Waals surface area contributed by atoms with Crippen LogP contribution in [-0.4, -0.2) is 62.5 Å². The summed E-state index contributed by atoms with van der Waals surface area (Å²) < 4.78 is 0. The van der Waals surface area contributed by atoms with Crippen LogP contribution in [0.4, 0.5) is 0 Å². The molecule has 2 fully saturated rings. The van der Waals surface area contributed by atoms with Crippen molar-refractivity contribution in [3.8, 4) is 11.4 Å². The number of aromatic amines is 1. The number of carbonyl (C=O) groups is 2. The molecule has 3 heterocycles. The van der Waals surface area contributed by atoms with Gasteiger partial charge in [0.15, 0.2) is 0 Å². The molecule has 0 spiro atoms. The Morgan fingerprint density at radius 3 is 2.54 bits per heavy atom. The third kappa shape index (κ3) is 6.07. The van der Waals surface area contributed by atoms with Crippen LogP contribution in [0, 0.1) is 5.41 Å². The number of hydrogen-bond acceptors (Lipinski definition) is 7. The summed E-state index contributed by atoms with van der Waals surface area (Å²) in [7, 11) is 0. The minimum absolute atomic E-state index is 0.0286. The summed E-state index contributed by atoms with van der Waals surface area (Å²) in [5, 5.41) is 19.6. The molecule has 10 heteroatoms. The number of nitrogens with zero attached hydrogens (tertiary/aromatic N) is 4. The lowest BCUT2D eigenvalue weighted by Crippen LogP contribution is -2.55. The van der Waals surface area contributed by atoms with E-state index in [1.54, 1.807) is 11.3 Å². The Hall–Kier alpha value is -3.11. The second kappa shape index (κ2) is 11.5. The van der Waals surface area contributed by atoms with Crippen molar-refractivity contribution in [1.29, 1.82) is 0 Å². The molecule has 1 aliphatic heterocycles. The Balaban J connectivity index is 1.28. The van der Waals surface area contributed by atoms with Gasteiger partial charge in [-0.1, -0.05) is 49.6 Å². The Labute approximate surface area is 221 Å². The van der Waals surface area contributed by atoms with Crippen LogP contribution in [0.25, 0.3) is 11.4 Å². The van der Waals surface area contributed by atoms with E-state index >= 15 is 0 Å². The molecule has 0 radical (unpaired) electrons. The summed E-state index contributed by atoms with van der Waals surface area (Å²) in [5.74, 6) is 0.637. The zero-order valence-electron chi connectivity index (χ0n) is 21.1. The predicted octanol–water partition coefficient (Wildman–Crippen LogP) is 3.10. The van der Waals surface area contributed by atoms with Gasteiger partial charge in [0.1, 0.15) is 0 Å². The molecule has 2 amide bonds. The highest BCUT2D eigenvalue weighted by Crippen LogP contribution is 2.37. The molecule has 3 aromatic rings. The molecule has 2 aromatic heterocycles. The lowest BCUT2D eigenvalue weighted by molar-refractivity contribution is -0.141. The minimum atomic E-state index is -0.556. The standard InChI is InChI=1S/C27H35N7O2S/c28-23(17-22-7-4-16-37-22)25(35)34-14-12-27(13-15-34,26(36)29-21-5-2-1-3-6-21)18-19-8-10-20(11-9-19)24-30-32-33-31-24/h4,7-11,16,21,23H,1-3,5-6,12-15,17-18,28H2,(H,29,36)(H,30,31,32,33). The number of benzene rings is 1. The average Bonchev–Trinajstić information content (AvgIpc) is 3.65. The average molecular weight is 522 g/mol. The van der Waals surface area contributed by atoms with Gasteiger partial charge < -0.3 is 16.0 Å². The van der Waals surface area contributed by atoms with Crippen molar-refractivity contribution in [2.75, 3.05) is 13.1 Å². The third-order valence-corrected chi connectivity index (χ3v) is 8.77. The second-order valence-electron chi connectivity index (χ2n) is 10.4. The van der Waals surface area contributed by atoms with Crippen molar-refractivity contribution >= 4 is 23.2 Å². The maximum Gasteiger partial charge on any atom is 0.239 e. The van der Waals surface area contributed by atoms with Crippen molar-refractivity contribution in [2.24, 2.45) is 11.1 Å². The second-order valence-corrected chi connectivity index (χ2v) is 11.4. The van der Waals surface area contributed by atoms with Crippen LogP contribution in [0.5, 0.6) is 0 Å². The lowest BCUT2D eigenvalue weighted by Gasteiger charge is -2.42. The van der Waals surface area contributed by atoms with Gasteiger partial charge in [0.2, 0.25) is 17.6 Å². The molecule has 4 N–H and O–H groups in total. The van der Waals surface area contributed by atoms with Crippen LogP contribution in [0.2, 0.25) is 0 Å². The van der Waals surface area contributed by atoms with E-state index in [0.29, 0.717) is 44.6 Å². The molecule has 9 nitrogen and oxygen atoms in total. The van der Waals surface area contributed by atoms with Gasteiger partial charge in [0.25, 0.3) is 0 Å². The van der Waals surface area contributed by atoms with Crippen molar-refractivity contribution in [1.82, 2.24) is 30.8 Å². The Kier molecular flexibility index (Phi) is 7.95. The first-order chi connectivity index (χ1) is 18.0. The van der Waals surface area contributed by atoms with E-state index in [-0.39, 0.29) is 17.9 Å². The smallest absolute Gasteiger partial charge is 0.239 e. The zero-order valence-corrected chi connectivity index (χ0v) is 21.9. The molecule has 37 heavy (non-hydrogen) atoms. The number of amides is 2. The van der Waals surface area contributed by atoms with Crippen LogP contribution in [0.1, 0.15) is 55.4 Å². The fraction of sp³-hybridized carbons (Fsp3) is 0.519. The summed E-state index contributed by atoms with van der Waals surface area (Å²) in [6.45, 7) is 1.08. The van der Waals surface area contributed by atoms with Crippen LogP contribution in [-0.2, 0) is 22.4 Å². The highest BCUT2D eigenvalue weighted by Gasteiger charge is 2.43. The number of tetrazole rings is 1. The maximum atomic E-state index is 13.8. The molecule has 196 valence electrons. The zero-order chi connectivity index (χ0) is 25.7. The first kappa shape index (κ1) is 25.5. The number of nitrogens with two attached hydrogens (primary N) is 1. The van der Waals surface area contributed by atoms with Gasteiger partial charge in [-0.05, 0) is 54.3 Å². The van der Waals surface area contributed by atoms with E-state index in [9.17, 15) is 9.59 Å². The first-order valence-electron chi connectivity index (χ1n) is 13.2. The van der Waals surface area contributed by atoms with E-state index in [1.807, 2.05) is 46.7 Å². The molecule has 1 unspecified atom stereocenters. The molecular formula is C27H35N7O2S. The van der Waals surface area contributed by atoms with E-state index in [2.05, 4.69) is 25.9 Å². The largest absolute Gasteiger partial charge is 0.353 e. The molecule has 1 aliphatic carbocycles. The molecule has 5 rings (SSSR count). The predicted molar refractivity (Wildman–Crippen MR) is 143 cm³/mol. The number of rotatable bonds is 8. The fourth-order valence-electron chi connectivity index (χ4n) is 5.64. The summed E-state index contributed by atoms with van der Waals surface area (Å²) in [5.41, 5.74) is 7.69. The Morgan fingerprint density at radius 1 is 1.14 bits per heavy atom. The summed E-state index contributed by atoms with van der Waals surface area (Å²) in [4.78, 5) is 29.9. The van der Waals surface area contributed by atoms with Crippen LogP contribution < -0.4 is 11.1 Å². The molecule has 1 saturated heterocycles. The maximum absolute atomic E-state index is 13.8. The number of aromatic nitrogens is 4. The van der Waals surface area contributed by atoms with Crippen LogP contribution >= 0.6 is 11.3 Å². The number of likely N-dealkylation sites (tertiary alicyclic amines) is 1. The van der Waals surface area contributed by atoms with E-state index in [1.165, 1.54) is 19.3 Å². The molecule has 2 aliphatic rings. The van der Waals surface area contributed by atoms with Gasteiger partial charge in [-0.25, -0.2) is 0 Å². The van der Waals surface area contributed by atoms with Gasteiger partial charge in [0, 0.05) is 36.0 Å². The van der Waals surface area contributed by atoms with Crippen molar-refractivity contribution in [3.05, 3.63) is 52.2 Å². The highest BCUT2D eigenvalue weighted by atomic mass is 32.1. The number of hydrogen-bond donors (Lipinski definition) is 3. The molecule has 1 saturated carbocycles. The SMILES string of the molecule is NC(Cc1cccs1)C(=O)N1CCC(Cc2ccc(-c3nn[nH]n3)cc2)(C(=O)NC2CCCCC2)CC1. The van der Waals surface area contributed by atoms with Gasteiger partial charge in [-0.2, -0.15) is 5.21 Å². The fourth-order valence-corrected chi connectivity index (χ4v) is 6.40. The van der Waals surface area contributed by atoms with E-state index in [4.69, 9.17) is 5.73 Å². The molecule has 0 bridgehead atoms. The van der Waals surface area contributed by atoms with Gasteiger partial charge in [0.05, 0.1) is 11.5 Å². The number of nitrogens with one attached hydrogen (secondary N) is 2. The van der Waals surface area contributed by atoms with E-state index < -0.39 is 11.5 Å². The number of H-pyrrole nitrogens is 1. The molecule has 1 aromatic carbocycles. The van der Waals surface area contributed by atoms with Crippen molar-refractivity contribution in [3.63, 3.8) is 0 Å². The summed E-state index contributed by atoms with van der Waals surface area (Å²) in [6.07, 6.45) is 8.08. The van der Waals surface area contributed by atoms with Gasteiger partial charge >= 0.3 is 0 Å². The number of carbonyl (C=O) groups excluding carboxylic acids is 2. The monoisotopic (exact) mass is 521 g/mol. The minimum Gasteiger partial charge on any atom is -0.353 e. The number of thiophene rings is 1. The van der Waals surface area contributed by atoms with Crippen molar-refractivity contribution in [2.45, 2.75) is 69.9 Å². The van der Waals surface area contributed by atoms with Gasteiger partial charge in [-0.3, -0.25) is 9.59 Å². The van der Waals surface area contributed by atoms with Gasteiger partial charge in [-0.15, -0.1) is 21.5 Å². The third-order valence-electron chi connectivity index (χ3n) is 7.87. The molecule has 1 atom stereocenters.